The second kappa shape index (κ2) is 5.91. The first kappa shape index (κ1) is 14.3. The molecule has 19 heavy (non-hydrogen) atoms. The van der Waals surface area contributed by atoms with Crippen molar-refractivity contribution in [3.05, 3.63) is 29.1 Å². The van der Waals surface area contributed by atoms with Gasteiger partial charge in [-0.2, -0.15) is 0 Å². The van der Waals surface area contributed by atoms with Crippen molar-refractivity contribution >= 4 is 5.69 Å². The number of aliphatic hydroxyl groups excluding tert-OH is 1. The molecule has 1 atom stereocenters. The lowest BCUT2D eigenvalue weighted by Crippen LogP contribution is -2.34. The van der Waals surface area contributed by atoms with E-state index in [1.165, 1.54) is 38.2 Å². The van der Waals surface area contributed by atoms with Crippen molar-refractivity contribution in [3.8, 4) is 0 Å². The van der Waals surface area contributed by atoms with Crippen LogP contribution in [0.3, 0.4) is 0 Å². The number of nitrogens with zero attached hydrogens (tertiary/aromatic N) is 1. The molecule has 0 heterocycles. The molecule has 0 aromatic heterocycles. The van der Waals surface area contributed by atoms with E-state index in [1.807, 2.05) is 6.07 Å². The molecule has 0 spiro atoms. The number of anilines is 1. The summed E-state index contributed by atoms with van der Waals surface area (Å²) >= 11 is 0. The van der Waals surface area contributed by atoms with E-state index in [0.717, 1.165) is 5.69 Å². The fourth-order valence-corrected chi connectivity index (χ4v) is 2.99. The first-order valence-corrected chi connectivity index (χ1v) is 7.21. The molecule has 1 saturated carbocycles. The lowest BCUT2D eigenvalue weighted by atomic mass is 9.93. The monoisotopic (exact) mass is 265 g/mol. The Kier molecular flexibility index (Phi) is 4.46. The van der Waals surface area contributed by atoms with Crippen LogP contribution in [0.1, 0.15) is 56.3 Å². The zero-order chi connectivity index (χ0) is 14.0. The molecule has 106 valence electrons. The molecule has 0 aliphatic heterocycles. The first-order valence-electron chi connectivity index (χ1n) is 7.21. The van der Waals surface area contributed by atoms with Crippen molar-refractivity contribution in [3.63, 3.8) is 0 Å². The van der Waals surface area contributed by atoms with Gasteiger partial charge >= 0.3 is 0 Å². The lowest BCUT2D eigenvalue weighted by molar-refractivity contribution is 0.199. The average Bonchev–Trinajstić information content (AvgIpc) is 2.41. The van der Waals surface area contributed by atoms with Gasteiger partial charge in [0.05, 0.1) is 6.10 Å². The molecule has 0 radical (unpaired) electrons. The summed E-state index contributed by atoms with van der Waals surface area (Å²) in [6.07, 6.45) is 5.57. The number of aryl methyl sites for hydroxylation is 1. The van der Waals surface area contributed by atoms with E-state index >= 15 is 0 Å². The molecular weight excluding hydrogens is 241 g/mol. The van der Waals surface area contributed by atoms with Gasteiger partial charge in [0.15, 0.2) is 0 Å². The van der Waals surface area contributed by atoms with E-state index < -0.39 is 6.10 Å². The van der Waals surface area contributed by atoms with Crippen LogP contribution in [0.4, 0.5) is 10.1 Å². The van der Waals surface area contributed by atoms with Crippen LogP contribution in [0.15, 0.2) is 12.1 Å². The average molecular weight is 265 g/mol. The Morgan fingerprint density at radius 3 is 2.47 bits per heavy atom. The van der Waals surface area contributed by atoms with Crippen LogP contribution < -0.4 is 4.90 Å². The fraction of sp³-hybridized carbons (Fsp3) is 0.625. The Labute approximate surface area is 115 Å². The molecule has 0 unspecified atom stereocenters. The van der Waals surface area contributed by atoms with Crippen LogP contribution in [0, 0.1) is 12.7 Å². The van der Waals surface area contributed by atoms with Gasteiger partial charge in [-0.25, -0.2) is 4.39 Å². The van der Waals surface area contributed by atoms with Crippen molar-refractivity contribution in [1.29, 1.82) is 0 Å². The predicted molar refractivity (Wildman–Crippen MR) is 77.0 cm³/mol. The normalized spacial score (nSPS) is 18.4. The quantitative estimate of drug-likeness (QED) is 0.894. The van der Waals surface area contributed by atoms with Gasteiger partial charge in [0.1, 0.15) is 5.82 Å². The molecule has 1 aromatic rings. The van der Waals surface area contributed by atoms with E-state index in [0.29, 0.717) is 17.2 Å². The minimum Gasteiger partial charge on any atom is -0.389 e. The van der Waals surface area contributed by atoms with Crippen molar-refractivity contribution in [2.75, 3.05) is 11.9 Å². The molecule has 2 nitrogen and oxygen atoms in total. The molecule has 0 bridgehead atoms. The summed E-state index contributed by atoms with van der Waals surface area (Å²) in [5, 5.41) is 9.87. The molecule has 3 heteroatoms. The maximum absolute atomic E-state index is 13.7. The van der Waals surface area contributed by atoms with Crippen LogP contribution in [0.5, 0.6) is 0 Å². The summed E-state index contributed by atoms with van der Waals surface area (Å²) in [7, 11) is 2.06. The summed E-state index contributed by atoms with van der Waals surface area (Å²) in [4.78, 5) is 2.23. The van der Waals surface area contributed by atoms with Gasteiger partial charge in [0.25, 0.3) is 0 Å². The van der Waals surface area contributed by atoms with Crippen LogP contribution in [0.25, 0.3) is 0 Å². The highest BCUT2D eigenvalue weighted by molar-refractivity contribution is 5.57. The molecule has 1 aliphatic rings. The van der Waals surface area contributed by atoms with Crippen molar-refractivity contribution in [1.82, 2.24) is 0 Å². The number of rotatable bonds is 3. The number of halogens is 1. The van der Waals surface area contributed by atoms with Crippen molar-refractivity contribution in [2.24, 2.45) is 0 Å². The number of hydrogen-bond donors (Lipinski definition) is 1. The van der Waals surface area contributed by atoms with E-state index in [1.54, 1.807) is 13.8 Å². The van der Waals surface area contributed by atoms with E-state index in [-0.39, 0.29) is 5.82 Å². The third-order valence-corrected chi connectivity index (χ3v) is 4.26. The van der Waals surface area contributed by atoms with Crippen LogP contribution in [0.2, 0.25) is 0 Å². The summed E-state index contributed by atoms with van der Waals surface area (Å²) in [6.45, 7) is 3.47. The summed E-state index contributed by atoms with van der Waals surface area (Å²) in [5.74, 6) is -0.239. The number of hydrogen-bond acceptors (Lipinski definition) is 2. The SMILES string of the molecule is Cc1cc(N(C)C2CCCCC2)c([C@H](C)O)cc1F. The third-order valence-electron chi connectivity index (χ3n) is 4.26. The second-order valence-corrected chi connectivity index (χ2v) is 5.74. The summed E-state index contributed by atoms with van der Waals surface area (Å²) in [5.41, 5.74) is 2.30. The Morgan fingerprint density at radius 2 is 1.89 bits per heavy atom. The molecule has 0 saturated heterocycles. The Balaban J connectivity index is 2.33. The van der Waals surface area contributed by atoms with Gasteiger partial charge < -0.3 is 10.0 Å². The highest BCUT2D eigenvalue weighted by Gasteiger charge is 2.22. The van der Waals surface area contributed by atoms with Gasteiger partial charge in [0.2, 0.25) is 0 Å². The lowest BCUT2D eigenvalue weighted by Gasteiger charge is -2.35. The zero-order valence-corrected chi connectivity index (χ0v) is 12.1. The maximum atomic E-state index is 13.7. The van der Waals surface area contributed by atoms with Gasteiger partial charge in [0, 0.05) is 24.3 Å². The van der Waals surface area contributed by atoms with Crippen LogP contribution >= 0.6 is 0 Å². The highest BCUT2D eigenvalue weighted by atomic mass is 19.1. The fourth-order valence-electron chi connectivity index (χ4n) is 2.99. The molecule has 1 aromatic carbocycles. The van der Waals surface area contributed by atoms with Gasteiger partial charge in [-0.15, -0.1) is 0 Å². The van der Waals surface area contributed by atoms with E-state index in [4.69, 9.17) is 0 Å². The standard InChI is InChI=1S/C16H24FNO/c1-11-9-16(14(12(2)19)10-15(11)17)18(3)13-7-5-4-6-8-13/h9-10,12-13,19H,4-8H2,1-3H3/t12-/m0/s1. The third kappa shape index (κ3) is 3.08. The summed E-state index contributed by atoms with van der Waals surface area (Å²) in [6, 6.07) is 3.86. The maximum Gasteiger partial charge on any atom is 0.126 e. The van der Waals surface area contributed by atoms with Gasteiger partial charge in [-0.3, -0.25) is 0 Å². The first-order chi connectivity index (χ1) is 9.00. The van der Waals surface area contributed by atoms with E-state index in [2.05, 4.69) is 11.9 Å². The molecular formula is C16H24FNO. The molecule has 2 rings (SSSR count). The largest absolute Gasteiger partial charge is 0.389 e. The Bertz CT molecular complexity index is 439. The molecule has 1 fully saturated rings. The Morgan fingerprint density at radius 1 is 1.26 bits per heavy atom. The topological polar surface area (TPSA) is 23.5 Å². The second-order valence-electron chi connectivity index (χ2n) is 5.74. The molecule has 0 amide bonds. The van der Waals surface area contributed by atoms with Gasteiger partial charge in [-0.1, -0.05) is 19.3 Å². The van der Waals surface area contributed by atoms with E-state index in [9.17, 15) is 9.50 Å². The smallest absolute Gasteiger partial charge is 0.126 e. The number of benzene rings is 1. The summed E-state index contributed by atoms with van der Waals surface area (Å²) < 4.78 is 13.7. The molecule has 1 aliphatic carbocycles. The highest BCUT2D eigenvalue weighted by Crippen LogP contribution is 2.33. The Hall–Kier alpha value is -1.09. The van der Waals surface area contributed by atoms with Crippen molar-refractivity contribution < 1.29 is 9.50 Å². The molecule has 1 N–H and O–H groups in total. The minimum atomic E-state index is -0.642. The van der Waals surface area contributed by atoms with Crippen molar-refractivity contribution in [2.45, 2.75) is 58.1 Å². The zero-order valence-electron chi connectivity index (χ0n) is 12.1. The van der Waals surface area contributed by atoms with Gasteiger partial charge in [-0.05, 0) is 44.4 Å². The predicted octanol–water partition coefficient (Wildman–Crippen LogP) is 3.96. The van der Waals surface area contributed by atoms with Crippen LogP contribution in [-0.4, -0.2) is 18.2 Å². The minimum absolute atomic E-state index is 0.239. The van der Waals surface area contributed by atoms with Crippen LogP contribution in [-0.2, 0) is 0 Å². The number of aliphatic hydroxyl groups is 1.